The lowest BCUT2D eigenvalue weighted by molar-refractivity contribution is 0.0698. The Morgan fingerprint density at radius 1 is 1.26 bits per heavy atom. The number of carbonyl (C=O) groups is 1. The predicted octanol–water partition coefficient (Wildman–Crippen LogP) is 2.78. The number of hydrogen-bond donors (Lipinski definition) is 2. The van der Waals surface area contributed by atoms with Crippen LogP contribution in [-0.4, -0.2) is 46.9 Å². The van der Waals surface area contributed by atoms with Gasteiger partial charge in [0.25, 0.3) is 5.56 Å². The number of nitrogens with one attached hydrogen (secondary N) is 1. The van der Waals surface area contributed by atoms with E-state index in [1.807, 2.05) is 4.90 Å². The van der Waals surface area contributed by atoms with E-state index in [1.54, 1.807) is 32.2 Å². The highest BCUT2D eigenvalue weighted by atomic mass is 19.1. The zero-order valence-electron chi connectivity index (χ0n) is 17.3. The van der Waals surface area contributed by atoms with Gasteiger partial charge in [0.15, 0.2) is 0 Å². The molecule has 1 saturated heterocycles. The zero-order chi connectivity index (χ0) is 22.1. The predicted molar refractivity (Wildman–Crippen MR) is 115 cm³/mol. The minimum atomic E-state index is -1.07. The van der Waals surface area contributed by atoms with Crippen LogP contribution in [0, 0.1) is 5.82 Å². The number of hydrogen-bond acceptors (Lipinski definition) is 6. The van der Waals surface area contributed by atoms with E-state index < -0.39 is 17.8 Å². The molecule has 0 saturated carbocycles. The summed E-state index contributed by atoms with van der Waals surface area (Å²) in [5, 5.41) is 12.7. The molecule has 0 aliphatic carbocycles. The summed E-state index contributed by atoms with van der Waals surface area (Å²) in [6, 6.07) is 8.51. The van der Waals surface area contributed by atoms with Gasteiger partial charge in [0.05, 0.1) is 35.7 Å². The first-order valence-electron chi connectivity index (χ1n) is 9.98. The van der Waals surface area contributed by atoms with Crippen molar-refractivity contribution in [2.45, 2.75) is 13.0 Å². The van der Waals surface area contributed by atoms with Crippen LogP contribution < -0.4 is 15.8 Å². The number of carboxylic acids is 1. The van der Waals surface area contributed by atoms with Crippen LogP contribution >= 0.6 is 0 Å². The lowest BCUT2D eigenvalue weighted by Crippen LogP contribution is -2.40. The van der Waals surface area contributed by atoms with Crippen LogP contribution in [0.5, 0.6) is 0 Å². The van der Waals surface area contributed by atoms with Gasteiger partial charge in [-0.1, -0.05) is 12.1 Å². The Morgan fingerprint density at radius 2 is 1.97 bits per heavy atom. The first-order valence-corrected chi connectivity index (χ1v) is 9.98. The third kappa shape index (κ3) is 3.96. The molecule has 0 radical (unpaired) electrons. The summed E-state index contributed by atoms with van der Waals surface area (Å²) in [6.45, 7) is 4.05. The molecule has 9 heteroatoms. The van der Waals surface area contributed by atoms with Crippen LogP contribution in [0.1, 0.15) is 28.9 Å². The fourth-order valence-corrected chi connectivity index (χ4v) is 3.84. The number of rotatable bonds is 5. The fourth-order valence-electron chi connectivity index (χ4n) is 3.84. The van der Waals surface area contributed by atoms with Crippen molar-refractivity contribution in [2.24, 2.45) is 7.05 Å². The molecule has 8 nitrogen and oxygen atoms in total. The highest BCUT2D eigenvalue weighted by molar-refractivity contribution is 5.94. The molecule has 162 valence electrons. The number of morpholine rings is 1. The standard InChI is InChI=1S/C22H23FN4O4/c1-13(24-18-6-4-3-5-15(18)21(29)30)16-11-14(23)12-17-19(16)25-22(26(2)20(17)28)27-7-9-31-10-8-27/h3-6,11-13,24H,7-10H2,1-2H3,(H,29,30). The largest absolute Gasteiger partial charge is 0.478 e. The van der Waals surface area contributed by atoms with Gasteiger partial charge in [0.1, 0.15) is 5.82 Å². The number of aromatic carboxylic acids is 1. The number of fused-ring (bicyclic) bond motifs is 1. The highest BCUT2D eigenvalue weighted by Gasteiger charge is 2.22. The van der Waals surface area contributed by atoms with E-state index in [-0.39, 0.29) is 16.5 Å². The summed E-state index contributed by atoms with van der Waals surface area (Å²) in [4.78, 5) is 31.3. The summed E-state index contributed by atoms with van der Waals surface area (Å²) in [6.07, 6.45) is 0. The molecule has 31 heavy (non-hydrogen) atoms. The van der Waals surface area contributed by atoms with E-state index in [0.717, 1.165) is 0 Å². The Labute approximate surface area is 177 Å². The summed E-state index contributed by atoms with van der Waals surface area (Å²) >= 11 is 0. The third-order valence-corrected chi connectivity index (χ3v) is 5.44. The minimum absolute atomic E-state index is 0.105. The number of aromatic nitrogens is 2. The van der Waals surface area contributed by atoms with Crippen LogP contribution in [-0.2, 0) is 11.8 Å². The summed E-state index contributed by atoms with van der Waals surface area (Å²) in [5.41, 5.74) is 1.02. The molecular formula is C22H23FN4O4. The van der Waals surface area contributed by atoms with Gasteiger partial charge in [-0.15, -0.1) is 0 Å². The third-order valence-electron chi connectivity index (χ3n) is 5.44. The quantitative estimate of drug-likeness (QED) is 0.648. The molecule has 0 amide bonds. The molecule has 1 aliphatic heterocycles. The Hall–Kier alpha value is -3.46. The molecule has 1 aromatic heterocycles. The lowest BCUT2D eigenvalue weighted by atomic mass is 10.0. The van der Waals surface area contributed by atoms with Gasteiger partial charge in [-0.05, 0) is 31.2 Å². The minimum Gasteiger partial charge on any atom is -0.478 e. The molecule has 2 aromatic carbocycles. The fraction of sp³-hybridized carbons (Fsp3) is 0.318. The Kier molecular flexibility index (Phi) is 5.60. The van der Waals surface area contributed by atoms with Crippen molar-refractivity contribution in [2.75, 3.05) is 36.5 Å². The molecule has 1 fully saturated rings. The Balaban J connectivity index is 1.83. The number of benzene rings is 2. The van der Waals surface area contributed by atoms with Gasteiger partial charge >= 0.3 is 5.97 Å². The molecular weight excluding hydrogens is 403 g/mol. The van der Waals surface area contributed by atoms with Gasteiger partial charge in [-0.2, -0.15) is 0 Å². The number of nitrogens with zero attached hydrogens (tertiary/aromatic N) is 3. The average Bonchev–Trinajstić information content (AvgIpc) is 2.77. The maximum Gasteiger partial charge on any atom is 0.337 e. The summed E-state index contributed by atoms with van der Waals surface area (Å²) in [5.74, 6) is -1.13. The van der Waals surface area contributed by atoms with Crippen LogP contribution in [0.2, 0.25) is 0 Å². The number of carboxylic acid groups (broad SMARTS) is 1. The molecule has 3 aromatic rings. The molecule has 1 aliphatic rings. The van der Waals surface area contributed by atoms with E-state index in [4.69, 9.17) is 9.72 Å². The molecule has 2 heterocycles. The average molecular weight is 426 g/mol. The SMILES string of the molecule is CC(Nc1ccccc1C(=O)O)c1cc(F)cc2c(=O)n(C)c(N3CCOCC3)nc12. The molecule has 1 atom stereocenters. The second-order valence-corrected chi connectivity index (χ2v) is 7.48. The van der Waals surface area contributed by atoms with Crippen LogP contribution in [0.25, 0.3) is 10.9 Å². The topological polar surface area (TPSA) is 96.7 Å². The lowest BCUT2D eigenvalue weighted by Gasteiger charge is -2.29. The summed E-state index contributed by atoms with van der Waals surface area (Å²) < 4.78 is 21.3. The normalized spacial score (nSPS) is 15.1. The number of ether oxygens (including phenoxy) is 1. The van der Waals surface area contributed by atoms with Crippen molar-refractivity contribution in [1.29, 1.82) is 0 Å². The van der Waals surface area contributed by atoms with E-state index in [9.17, 15) is 19.1 Å². The molecule has 0 bridgehead atoms. The van der Waals surface area contributed by atoms with Crippen molar-refractivity contribution < 1.29 is 19.0 Å². The van der Waals surface area contributed by atoms with E-state index >= 15 is 0 Å². The highest BCUT2D eigenvalue weighted by Crippen LogP contribution is 2.28. The van der Waals surface area contributed by atoms with Crippen LogP contribution in [0.4, 0.5) is 16.0 Å². The Bertz CT molecular complexity index is 1200. The maximum absolute atomic E-state index is 14.4. The van der Waals surface area contributed by atoms with Gasteiger partial charge in [-0.25, -0.2) is 14.2 Å². The number of para-hydroxylation sites is 1. The van der Waals surface area contributed by atoms with Gasteiger partial charge in [-0.3, -0.25) is 9.36 Å². The van der Waals surface area contributed by atoms with Gasteiger partial charge in [0.2, 0.25) is 5.95 Å². The zero-order valence-corrected chi connectivity index (χ0v) is 17.3. The second kappa shape index (κ2) is 8.35. The molecule has 0 spiro atoms. The molecule has 2 N–H and O–H groups in total. The van der Waals surface area contributed by atoms with Crippen molar-refractivity contribution >= 4 is 28.5 Å². The van der Waals surface area contributed by atoms with E-state index in [2.05, 4.69) is 5.32 Å². The van der Waals surface area contributed by atoms with Gasteiger partial charge < -0.3 is 20.1 Å². The second-order valence-electron chi connectivity index (χ2n) is 7.48. The van der Waals surface area contributed by atoms with Gasteiger partial charge in [0, 0.05) is 31.4 Å². The first-order chi connectivity index (χ1) is 14.9. The van der Waals surface area contributed by atoms with Crippen molar-refractivity contribution in [1.82, 2.24) is 9.55 Å². The van der Waals surface area contributed by atoms with E-state index in [0.29, 0.717) is 49.0 Å². The Morgan fingerprint density at radius 3 is 2.68 bits per heavy atom. The van der Waals surface area contributed by atoms with Crippen LogP contribution in [0.3, 0.4) is 0 Å². The van der Waals surface area contributed by atoms with Crippen molar-refractivity contribution in [3.8, 4) is 0 Å². The van der Waals surface area contributed by atoms with Crippen LogP contribution in [0.15, 0.2) is 41.2 Å². The number of halogens is 1. The molecule has 1 unspecified atom stereocenters. The van der Waals surface area contributed by atoms with Crippen molar-refractivity contribution in [3.05, 3.63) is 63.7 Å². The smallest absolute Gasteiger partial charge is 0.337 e. The van der Waals surface area contributed by atoms with E-state index in [1.165, 1.54) is 22.8 Å². The first kappa shape index (κ1) is 20.8. The van der Waals surface area contributed by atoms with Crippen molar-refractivity contribution in [3.63, 3.8) is 0 Å². The monoisotopic (exact) mass is 426 g/mol. The summed E-state index contributed by atoms with van der Waals surface area (Å²) in [7, 11) is 1.62. The number of anilines is 2. The maximum atomic E-state index is 14.4. The molecule has 4 rings (SSSR count).